The van der Waals surface area contributed by atoms with E-state index in [-0.39, 0.29) is 12.0 Å². The van der Waals surface area contributed by atoms with Gasteiger partial charge in [-0.25, -0.2) is 0 Å². The topological polar surface area (TPSA) is 66.4 Å². The number of aliphatic hydroxyl groups excluding tert-OH is 1. The summed E-state index contributed by atoms with van der Waals surface area (Å²) in [5.41, 5.74) is 1.76. The minimum atomic E-state index is 0.0381. The van der Waals surface area contributed by atoms with Crippen LogP contribution in [0.25, 0.3) is 0 Å². The van der Waals surface area contributed by atoms with E-state index < -0.39 is 0 Å². The molecule has 1 aromatic rings. The molecule has 0 bridgehead atoms. The number of hydrogen-bond acceptors (Lipinski definition) is 6. The van der Waals surface area contributed by atoms with E-state index >= 15 is 0 Å². The van der Waals surface area contributed by atoms with Crippen LogP contribution in [0.15, 0.2) is 24.3 Å². The highest BCUT2D eigenvalue weighted by atomic mass is 16.6. The van der Waals surface area contributed by atoms with Crippen LogP contribution in [0.2, 0.25) is 0 Å². The molecular formula is C24H42O6. The summed E-state index contributed by atoms with van der Waals surface area (Å²) < 4.78 is 27.1. The van der Waals surface area contributed by atoms with E-state index in [0.717, 1.165) is 12.2 Å². The lowest BCUT2D eigenvalue weighted by atomic mass is 9.72. The van der Waals surface area contributed by atoms with Crippen LogP contribution in [0.5, 0.6) is 5.75 Å². The Labute approximate surface area is 182 Å². The third-order valence-electron chi connectivity index (χ3n) is 4.46. The molecule has 0 heterocycles. The molecule has 0 spiro atoms. The quantitative estimate of drug-likeness (QED) is 0.382. The lowest BCUT2D eigenvalue weighted by Crippen LogP contribution is -2.24. The van der Waals surface area contributed by atoms with E-state index in [4.69, 9.17) is 28.8 Å². The van der Waals surface area contributed by atoms with Gasteiger partial charge >= 0.3 is 0 Å². The molecule has 0 saturated carbocycles. The maximum atomic E-state index is 8.56. The van der Waals surface area contributed by atoms with Crippen LogP contribution in [0.1, 0.15) is 46.6 Å². The van der Waals surface area contributed by atoms with Crippen molar-refractivity contribution < 1.29 is 28.8 Å². The molecule has 0 unspecified atom stereocenters. The van der Waals surface area contributed by atoms with Crippen molar-refractivity contribution in [3.8, 4) is 5.75 Å². The van der Waals surface area contributed by atoms with Gasteiger partial charge in [0.15, 0.2) is 0 Å². The molecule has 0 aliphatic rings. The first-order valence-electron chi connectivity index (χ1n) is 10.9. The highest BCUT2D eigenvalue weighted by molar-refractivity contribution is 5.31. The number of aliphatic hydroxyl groups is 1. The van der Waals surface area contributed by atoms with Crippen molar-refractivity contribution in [1.29, 1.82) is 0 Å². The fourth-order valence-electron chi connectivity index (χ4n) is 3.48. The van der Waals surface area contributed by atoms with Crippen LogP contribution in [0.4, 0.5) is 0 Å². The Morgan fingerprint density at radius 2 is 1.07 bits per heavy atom. The smallest absolute Gasteiger partial charge is 0.119 e. The summed E-state index contributed by atoms with van der Waals surface area (Å²) in [6.45, 7) is 16.0. The van der Waals surface area contributed by atoms with Crippen LogP contribution in [0, 0.1) is 5.41 Å². The van der Waals surface area contributed by atoms with Gasteiger partial charge in [0.2, 0.25) is 0 Å². The lowest BCUT2D eigenvalue weighted by Gasteiger charge is -2.33. The molecule has 1 N–H and O–H groups in total. The number of hydrogen-bond donors (Lipinski definition) is 1. The second-order valence-electron chi connectivity index (χ2n) is 9.17. The van der Waals surface area contributed by atoms with Crippen molar-refractivity contribution in [3.63, 3.8) is 0 Å². The molecular weight excluding hydrogens is 384 g/mol. The summed E-state index contributed by atoms with van der Waals surface area (Å²) in [6.07, 6.45) is 1.13. The van der Waals surface area contributed by atoms with E-state index in [1.54, 1.807) is 0 Å². The Balaban J connectivity index is 2.04. The maximum absolute atomic E-state index is 8.56. The Bertz CT molecular complexity index is 536. The first-order chi connectivity index (χ1) is 14.2. The van der Waals surface area contributed by atoms with Crippen molar-refractivity contribution >= 4 is 0 Å². The van der Waals surface area contributed by atoms with Gasteiger partial charge in [-0.15, -0.1) is 0 Å². The zero-order valence-corrected chi connectivity index (χ0v) is 19.6. The van der Waals surface area contributed by atoms with Crippen molar-refractivity contribution in [2.24, 2.45) is 5.41 Å². The van der Waals surface area contributed by atoms with Gasteiger partial charge < -0.3 is 28.8 Å². The molecule has 0 aromatic heterocycles. The van der Waals surface area contributed by atoms with E-state index in [9.17, 15) is 0 Å². The maximum Gasteiger partial charge on any atom is 0.119 e. The largest absolute Gasteiger partial charge is 0.491 e. The van der Waals surface area contributed by atoms with Gasteiger partial charge in [-0.05, 0) is 34.9 Å². The Hall–Kier alpha value is -1.18. The minimum Gasteiger partial charge on any atom is -0.491 e. The second kappa shape index (κ2) is 14.8. The zero-order chi connectivity index (χ0) is 22.3. The highest BCUT2D eigenvalue weighted by Gasteiger charge is 2.27. The Morgan fingerprint density at radius 3 is 1.50 bits per heavy atom. The molecule has 1 aromatic carbocycles. The molecule has 6 heteroatoms. The number of benzene rings is 1. The molecule has 0 radical (unpaired) electrons. The van der Waals surface area contributed by atoms with Crippen molar-refractivity contribution in [2.45, 2.75) is 46.5 Å². The standard InChI is InChI=1S/C24H42O6/c1-23(2,3)20-24(4,5)21-6-8-22(9-7-21)30-19-18-29-17-16-28-15-14-27-13-12-26-11-10-25/h6-9,25H,10-20H2,1-5H3. The fraction of sp³-hybridized carbons (Fsp3) is 0.750. The van der Waals surface area contributed by atoms with Gasteiger partial charge in [0.1, 0.15) is 12.4 Å². The van der Waals surface area contributed by atoms with Crippen LogP contribution in [0.3, 0.4) is 0 Å². The summed E-state index contributed by atoms with van der Waals surface area (Å²) in [4.78, 5) is 0. The third-order valence-corrected chi connectivity index (χ3v) is 4.46. The molecule has 6 nitrogen and oxygen atoms in total. The van der Waals surface area contributed by atoms with Gasteiger partial charge in [-0.3, -0.25) is 0 Å². The lowest BCUT2D eigenvalue weighted by molar-refractivity contribution is -0.00779. The van der Waals surface area contributed by atoms with Crippen LogP contribution >= 0.6 is 0 Å². The van der Waals surface area contributed by atoms with Crippen molar-refractivity contribution in [1.82, 2.24) is 0 Å². The molecule has 174 valence electrons. The SMILES string of the molecule is CC(C)(C)CC(C)(C)c1ccc(OCCOCCOCCOCCOCCO)cc1. The summed E-state index contributed by atoms with van der Waals surface area (Å²) in [5.74, 6) is 0.866. The average molecular weight is 427 g/mol. The fourth-order valence-corrected chi connectivity index (χ4v) is 3.48. The van der Waals surface area contributed by atoms with E-state index in [2.05, 4.69) is 46.8 Å². The normalized spacial score (nSPS) is 12.3. The van der Waals surface area contributed by atoms with Gasteiger partial charge in [-0.2, -0.15) is 0 Å². The third kappa shape index (κ3) is 13.2. The van der Waals surface area contributed by atoms with Crippen LogP contribution in [-0.2, 0) is 24.4 Å². The van der Waals surface area contributed by atoms with Crippen LogP contribution < -0.4 is 4.74 Å². The molecule has 0 amide bonds. The molecule has 30 heavy (non-hydrogen) atoms. The predicted octanol–water partition coefficient (Wildman–Crippen LogP) is 3.84. The van der Waals surface area contributed by atoms with Crippen molar-refractivity contribution in [2.75, 3.05) is 66.1 Å². The number of rotatable bonds is 17. The van der Waals surface area contributed by atoms with E-state index in [1.807, 2.05) is 12.1 Å². The predicted molar refractivity (Wildman–Crippen MR) is 119 cm³/mol. The van der Waals surface area contributed by atoms with Crippen molar-refractivity contribution in [3.05, 3.63) is 29.8 Å². The molecule has 0 fully saturated rings. The Morgan fingerprint density at radius 1 is 0.633 bits per heavy atom. The average Bonchev–Trinajstić information content (AvgIpc) is 2.67. The first-order valence-corrected chi connectivity index (χ1v) is 10.9. The minimum absolute atomic E-state index is 0.0381. The second-order valence-corrected chi connectivity index (χ2v) is 9.17. The first kappa shape index (κ1) is 26.9. The van der Waals surface area contributed by atoms with Gasteiger partial charge in [-0.1, -0.05) is 46.8 Å². The van der Waals surface area contributed by atoms with Gasteiger partial charge in [0.25, 0.3) is 0 Å². The Kier molecular flexibility index (Phi) is 13.2. The van der Waals surface area contributed by atoms with E-state index in [0.29, 0.717) is 64.9 Å². The van der Waals surface area contributed by atoms with Gasteiger partial charge in [0, 0.05) is 0 Å². The summed E-state index contributed by atoms with van der Waals surface area (Å²) in [6, 6.07) is 8.41. The molecule has 0 aliphatic carbocycles. The monoisotopic (exact) mass is 426 g/mol. The summed E-state index contributed by atoms with van der Waals surface area (Å²) >= 11 is 0. The van der Waals surface area contributed by atoms with Gasteiger partial charge in [0.05, 0.1) is 59.5 Å². The van der Waals surface area contributed by atoms with E-state index in [1.165, 1.54) is 5.56 Å². The molecule has 0 saturated heterocycles. The highest BCUT2D eigenvalue weighted by Crippen LogP contribution is 2.36. The molecule has 0 aliphatic heterocycles. The number of ether oxygens (including phenoxy) is 5. The zero-order valence-electron chi connectivity index (χ0n) is 19.6. The summed E-state index contributed by atoms with van der Waals surface area (Å²) in [5, 5.41) is 8.56. The molecule has 1 rings (SSSR count). The summed E-state index contributed by atoms with van der Waals surface area (Å²) in [7, 11) is 0. The molecule has 0 atom stereocenters. The van der Waals surface area contributed by atoms with Crippen LogP contribution in [-0.4, -0.2) is 71.2 Å².